The van der Waals surface area contributed by atoms with Crippen molar-refractivity contribution in [2.75, 3.05) is 44.1 Å². The summed E-state index contributed by atoms with van der Waals surface area (Å²) < 4.78 is 12.0. The zero-order valence-corrected chi connectivity index (χ0v) is 22.2. The first kappa shape index (κ1) is 26.9. The zero-order valence-electron chi connectivity index (χ0n) is 22.2. The van der Waals surface area contributed by atoms with Crippen LogP contribution in [-0.2, 0) is 16.0 Å². The molecule has 0 spiro atoms. The summed E-state index contributed by atoms with van der Waals surface area (Å²) in [6, 6.07) is 12.6. The van der Waals surface area contributed by atoms with Gasteiger partial charge in [0.1, 0.15) is 11.4 Å². The second-order valence-corrected chi connectivity index (χ2v) is 8.97. The largest absolute Gasteiger partial charge is 0.497 e. The average Bonchev–Trinajstić information content (AvgIpc) is 3.31. The number of carbonyl (C=O) groups is 3. The molecule has 1 aromatic heterocycles. The van der Waals surface area contributed by atoms with E-state index in [4.69, 9.17) is 9.47 Å². The molecule has 38 heavy (non-hydrogen) atoms. The van der Waals surface area contributed by atoms with Crippen molar-refractivity contribution in [3.05, 3.63) is 65.0 Å². The summed E-state index contributed by atoms with van der Waals surface area (Å²) in [7, 11) is 3.43. The third-order valence-electron chi connectivity index (χ3n) is 6.43. The number of ether oxygens (including phenoxy) is 2. The molecule has 2 N–H and O–H groups in total. The van der Waals surface area contributed by atoms with Gasteiger partial charge in [-0.15, -0.1) is 0 Å². The minimum atomic E-state index is -0.553. The van der Waals surface area contributed by atoms with Gasteiger partial charge >= 0.3 is 5.97 Å². The summed E-state index contributed by atoms with van der Waals surface area (Å²) in [6.45, 7) is 4.99. The third-order valence-corrected chi connectivity index (χ3v) is 6.43. The van der Waals surface area contributed by atoms with Gasteiger partial charge in [0.25, 0.3) is 5.91 Å². The van der Waals surface area contributed by atoms with Crippen molar-refractivity contribution in [3.8, 4) is 11.4 Å². The number of rotatable bonds is 10. The number of hydrogen-bond acceptors (Lipinski definition) is 7. The lowest BCUT2D eigenvalue weighted by atomic mass is 10.0. The number of anilines is 2. The maximum Gasteiger partial charge on any atom is 0.359 e. The molecular formula is C28H33N5O5. The van der Waals surface area contributed by atoms with E-state index in [2.05, 4.69) is 15.7 Å². The fraction of sp³-hybridized carbons (Fsp3) is 0.357. The SMILES string of the molecule is CCOC(=O)c1nn(-c2ccc(OC)cc2)c2c1CCN(c1ccc(NC(=O)CCCNC)c(C)c1)C2=O. The van der Waals surface area contributed by atoms with E-state index in [1.807, 2.05) is 32.2 Å². The van der Waals surface area contributed by atoms with Crippen LogP contribution in [0.1, 0.15) is 51.9 Å². The molecule has 10 nitrogen and oxygen atoms in total. The first-order valence-corrected chi connectivity index (χ1v) is 12.7. The topological polar surface area (TPSA) is 115 Å². The maximum absolute atomic E-state index is 13.9. The minimum Gasteiger partial charge on any atom is -0.497 e. The predicted molar refractivity (Wildman–Crippen MR) is 144 cm³/mol. The Morgan fingerprint density at radius 2 is 1.84 bits per heavy atom. The van der Waals surface area contributed by atoms with Crippen LogP contribution in [0.5, 0.6) is 5.75 Å². The number of benzene rings is 2. The van der Waals surface area contributed by atoms with Crippen LogP contribution in [0.3, 0.4) is 0 Å². The van der Waals surface area contributed by atoms with Gasteiger partial charge in [0, 0.05) is 29.9 Å². The lowest BCUT2D eigenvalue weighted by Crippen LogP contribution is -2.39. The number of nitrogens with one attached hydrogen (secondary N) is 2. The van der Waals surface area contributed by atoms with Crippen LogP contribution < -0.4 is 20.3 Å². The second-order valence-electron chi connectivity index (χ2n) is 8.97. The monoisotopic (exact) mass is 519 g/mol. The lowest BCUT2D eigenvalue weighted by molar-refractivity contribution is -0.116. The number of hydrogen-bond donors (Lipinski definition) is 2. The molecule has 0 unspecified atom stereocenters. The number of nitrogens with zero attached hydrogens (tertiary/aromatic N) is 3. The highest BCUT2D eigenvalue weighted by molar-refractivity contribution is 6.09. The van der Waals surface area contributed by atoms with Gasteiger partial charge in [-0.1, -0.05) is 0 Å². The number of fused-ring (bicyclic) bond motifs is 1. The van der Waals surface area contributed by atoms with Crippen molar-refractivity contribution in [1.82, 2.24) is 15.1 Å². The van der Waals surface area contributed by atoms with E-state index in [0.717, 1.165) is 18.5 Å². The molecule has 0 saturated carbocycles. The van der Waals surface area contributed by atoms with Gasteiger partial charge in [-0.3, -0.25) is 9.59 Å². The van der Waals surface area contributed by atoms with Gasteiger partial charge in [-0.05, 0) is 88.3 Å². The highest BCUT2D eigenvalue weighted by Gasteiger charge is 2.35. The maximum atomic E-state index is 13.9. The molecule has 0 aliphatic carbocycles. The summed E-state index contributed by atoms with van der Waals surface area (Å²) in [5.74, 6) is -0.209. The summed E-state index contributed by atoms with van der Waals surface area (Å²) in [5, 5.41) is 10.5. The quantitative estimate of drug-likeness (QED) is 0.311. The molecule has 2 aromatic carbocycles. The van der Waals surface area contributed by atoms with E-state index in [0.29, 0.717) is 53.5 Å². The first-order chi connectivity index (χ1) is 18.4. The second kappa shape index (κ2) is 11.9. The highest BCUT2D eigenvalue weighted by atomic mass is 16.5. The van der Waals surface area contributed by atoms with E-state index in [1.54, 1.807) is 43.2 Å². The Balaban J connectivity index is 1.65. The smallest absolute Gasteiger partial charge is 0.359 e. The van der Waals surface area contributed by atoms with Crippen molar-refractivity contribution in [3.63, 3.8) is 0 Å². The van der Waals surface area contributed by atoms with Crippen LogP contribution in [0.2, 0.25) is 0 Å². The van der Waals surface area contributed by atoms with Crippen molar-refractivity contribution < 1.29 is 23.9 Å². The van der Waals surface area contributed by atoms with Crippen LogP contribution in [0.25, 0.3) is 5.69 Å². The first-order valence-electron chi connectivity index (χ1n) is 12.7. The summed E-state index contributed by atoms with van der Waals surface area (Å²) in [5.41, 5.74) is 3.93. The molecule has 0 atom stereocenters. The molecule has 0 saturated heterocycles. The van der Waals surface area contributed by atoms with E-state index in [9.17, 15) is 14.4 Å². The number of amides is 2. The van der Waals surface area contributed by atoms with Gasteiger partial charge in [-0.25, -0.2) is 9.48 Å². The molecule has 1 aliphatic rings. The Morgan fingerprint density at radius 1 is 1.11 bits per heavy atom. The number of methoxy groups -OCH3 is 1. The van der Waals surface area contributed by atoms with Gasteiger partial charge in [-0.2, -0.15) is 5.10 Å². The van der Waals surface area contributed by atoms with Crippen LogP contribution >= 0.6 is 0 Å². The minimum absolute atomic E-state index is 0.0512. The van der Waals surface area contributed by atoms with Crippen molar-refractivity contribution >= 4 is 29.2 Å². The molecule has 0 radical (unpaired) electrons. The number of esters is 1. The fourth-order valence-corrected chi connectivity index (χ4v) is 4.47. The number of aromatic nitrogens is 2. The molecule has 200 valence electrons. The standard InChI is InChI=1S/C28H33N5O5/c1-5-38-28(36)25-22-14-16-32(20-10-13-23(18(2)17-20)30-24(34)7-6-15-29-3)27(35)26(22)33(31-25)19-8-11-21(37-4)12-9-19/h8-13,17,29H,5-7,14-16H2,1-4H3,(H,30,34). The molecule has 1 aliphatic heterocycles. The van der Waals surface area contributed by atoms with Crippen molar-refractivity contribution in [1.29, 1.82) is 0 Å². The normalized spacial score (nSPS) is 12.7. The Kier molecular flexibility index (Phi) is 8.42. The van der Waals surface area contributed by atoms with Crippen LogP contribution in [0.4, 0.5) is 11.4 Å². The van der Waals surface area contributed by atoms with E-state index in [1.165, 1.54) is 4.68 Å². The van der Waals surface area contributed by atoms with Gasteiger partial charge in [0.05, 0.1) is 19.4 Å². The van der Waals surface area contributed by atoms with Gasteiger partial charge < -0.3 is 25.0 Å². The third kappa shape index (κ3) is 5.55. The summed E-state index contributed by atoms with van der Waals surface area (Å²) in [6.07, 6.45) is 1.61. The van der Waals surface area contributed by atoms with Crippen molar-refractivity contribution in [2.24, 2.45) is 0 Å². The van der Waals surface area contributed by atoms with Gasteiger partial charge in [0.2, 0.25) is 5.91 Å². The molecular weight excluding hydrogens is 486 g/mol. The number of carbonyl (C=O) groups excluding carboxylic acids is 3. The lowest BCUT2D eigenvalue weighted by Gasteiger charge is -2.28. The Labute approximate surface area is 221 Å². The molecule has 2 heterocycles. The average molecular weight is 520 g/mol. The molecule has 10 heteroatoms. The molecule has 0 bridgehead atoms. The Bertz CT molecular complexity index is 1330. The van der Waals surface area contributed by atoms with Gasteiger partial charge in [0.15, 0.2) is 5.69 Å². The van der Waals surface area contributed by atoms with E-state index < -0.39 is 5.97 Å². The molecule has 0 fully saturated rings. The molecule has 3 aromatic rings. The van der Waals surface area contributed by atoms with E-state index in [-0.39, 0.29) is 24.1 Å². The molecule has 4 rings (SSSR count). The van der Waals surface area contributed by atoms with Crippen LogP contribution in [-0.4, -0.2) is 61.4 Å². The zero-order chi connectivity index (χ0) is 27.2. The Hall–Kier alpha value is -4.18. The van der Waals surface area contributed by atoms with E-state index >= 15 is 0 Å². The van der Waals surface area contributed by atoms with Crippen LogP contribution in [0.15, 0.2) is 42.5 Å². The summed E-state index contributed by atoms with van der Waals surface area (Å²) in [4.78, 5) is 40.5. The predicted octanol–water partition coefficient (Wildman–Crippen LogP) is 3.51. The highest BCUT2D eigenvalue weighted by Crippen LogP contribution is 2.31. The van der Waals surface area contributed by atoms with Crippen LogP contribution in [0, 0.1) is 6.92 Å². The molecule has 2 amide bonds. The Morgan fingerprint density at radius 3 is 2.50 bits per heavy atom. The number of aryl methyl sites for hydroxylation is 1. The fourth-order valence-electron chi connectivity index (χ4n) is 4.47. The van der Waals surface area contributed by atoms with Crippen molar-refractivity contribution in [2.45, 2.75) is 33.1 Å². The summed E-state index contributed by atoms with van der Waals surface area (Å²) >= 11 is 0.